The third kappa shape index (κ3) is 6.33. The maximum atomic E-state index is 12.2. The van der Waals surface area contributed by atoms with Gasteiger partial charge in [0.25, 0.3) is 5.91 Å². The second kappa shape index (κ2) is 10.6. The van der Waals surface area contributed by atoms with Crippen molar-refractivity contribution in [3.05, 3.63) is 52.7 Å². The van der Waals surface area contributed by atoms with Gasteiger partial charge in [-0.2, -0.15) is 4.98 Å². The van der Waals surface area contributed by atoms with Gasteiger partial charge in [-0.15, -0.1) is 0 Å². The molecule has 3 rings (SSSR count). The molecule has 0 saturated carbocycles. The number of amides is 2. The average Bonchev–Trinajstić information content (AvgIpc) is 3.26. The van der Waals surface area contributed by atoms with Gasteiger partial charge in [-0.05, 0) is 37.1 Å². The Labute approximate surface area is 178 Å². The summed E-state index contributed by atoms with van der Waals surface area (Å²) in [7, 11) is 1.47. The quantitative estimate of drug-likeness (QED) is 0.708. The minimum Gasteiger partial charge on any atom is -0.480 e. The molecule has 0 radical (unpaired) electrons. The number of methoxy groups -OCH3 is 1. The van der Waals surface area contributed by atoms with Gasteiger partial charge in [0.15, 0.2) is 0 Å². The van der Waals surface area contributed by atoms with Crippen molar-refractivity contribution in [3.8, 4) is 5.88 Å². The number of hydrogen-bond donors (Lipinski definition) is 2. The molecule has 10 heteroatoms. The zero-order valence-electron chi connectivity index (χ0n) is 15.8. The molecule has 1 aromatic carbocycles. The molecule has 1 aliphatic heterocycles. The SMILES string of the molecule is C=CC(=O)Nc1ccc(C(=O)N2CCCC2)cc1Cl.COc1nc(N)ncc1Cl. The van der Waals surface area contributed by atoms with Crippen LogP contribution in [0.25, 0.3) is 0 Å². The van der Waals surface area contributed by atoms with Gasteiger partial charge in [-0.3, -0.25) is 9.59 Å². The highest BCUT2D eigenvalue weighted by Crippen LogP contribution is 2.24. The predicted molar refractivity (Wildman–Crippen MR) is 113 cm³/mol. The van der Waals surface area contributed by atoms with E-state index in [0.717, 1.165) is 25.9 Å². The maximum absolute atomic E-state index is 12.2. The van der Waals surface area contributed by atoms with E-state index in [1.54, 1.807) is 18.2 Å². The lowest BCUT2D eigenvalue weighted by Crippen LogP contribution is -2.27. The van der Waals surface area contributed by atoms with Crippen LogP contribution in [0.15, 0.2) is 37.1 Å². The molecular formula is C19H21Cl2N5O3. The van der Waals surface area contributed by atoms with E-state index >= 15 is 0 Å². The van der Waals surface area contributed by atoms with Crippen LogP contribution in [0.1, 0.15) is 23.2 Å². The first-order chi connectivity index (χ1) is 13.8. The Morgan fingerprint density at radius 1 is 1.28 bits per heavy atom. The fraction of sp³-hybridized carbons (Fsp3) is 0.263. The molecule has 1 saturated heterocycles. The van der Waals surface area contributed by atoms with E-state index in [2.05, 4.69) is 21.9 Å². The Bertz CT molecular complexity index is 901. The van der Waals surface area contributed by atoms with Crippen LogP contribution in [0, 0.1) is 0 Å². The molecule has 2 amide bonds. The molecule has 0 bridgehead atoms. The summed E-state index contributed by atoms with van der Waals surface area (Å²) in [4.78, 5) is 32.5. The van der Waals surface area contributed by atoms with Crippen LogP contribution in [0.3, 0.4) is 0 Å². The van der Waals surface area contributed by atoms with Gasteiger partial charge in [0.1, 0.15) is 5.02 Å². The molecule has 29 heavy (non-hydrogen) atoms. The van der Waals surface area contributed by atoms with Gasteiger partial charge >= 0.3 is 0 Å². The van der Waals surface area contributed by atoms with Crippen molar-refractivity contribution in [2.45, 2.75) is 12.8 Å². The minimum atomic E-state index is -0.333. The van der Waals surface area contributed by atoms with Crippen LogP contribution in [0.2, 0.25) is 10.0 Å². The molecule has 3 N–H and O–H groups in total. The Kier molecular flexibility index (Phi) is 8.23. The number of carbonyl (C=O) groups excluding carboxylic acids is 2. The number of carbonyl (C=O) groups is 2. The lowest BCUT2D eigenvalue weighted by Gasteiger charge is -2.16. The second-order valence-corrected chi connectivity index (χ2v) is 6.79. The number of hydrogen-bond acceptors (Lipinski definition) is 6. The number of benzene rings is 1. The molecule has 0 aliphatic carbocycles. The second-order valence-electron chi connectivity index (χ2n) is 5.97. The van der Waals surface area contributed by atoms with Crippen molar-refractivity contribution in [2.24, 2.45) is 0 Å². The van der Waals surface area contributed by atoms with Crippen molar-refractivity contribution in [3.63, 3.8) is 0 Å². The topological polar surface area (TPSA) is 110 Å². The van der Waals surface area contributed by atoms with Crippen LogP contribution in [0.5, 0.6) is 5.88 Å². The molecule has 0 unspecified atom stereocenters. The molecule has 2 aromatic rings. The van der Waals surface area contributed by atoms with Crippen molar-refractivity contribution >= 4 is 46.7 Å². The predicted octanol–water partition coefficient (Wildman–Crippen LogP) is 3.42. The van der Waals surface area contributed by atoms with Crippen LogP contribution in [-0.2, 0) is 4.79 Å². The van der Waals surface area contributed by atoms with Crippen LogP contribution in [0.4, 0.5) is 11.6 Å². The number of anilines is 2. The molecule has 1 fully saturated rings. The van der Waals surface area contributed by atoms with Gasteiger partial charge in [0.05, 0.1) is 24.0 Å². The first-order valence-corrected chi connectivity index (χ1v) is 9.45. The standard InChI is InChI=1S/C14H15ClN2O2.C5H6ClN3O/c1-2-13(18)16-12-6-5-10(9-11(12)15)14(19)17-7-3-4-8-17;1-10-4-3(6)2-8-5(7)9-4/h2,5-6,9H,1,3-4,7-8H2,(H,16,18);2H,1H3,(H2,7,8,9). The zero-order chi connectivity index (χ0) is 21.4. The van der Waals surface area contributed by atoms with E-state index in [4.69, 9.17) is 33.7 Å². The molecule has 0 atom stereocenters. The van der Waals surface area contributed by atoms with E-state index in [1.807, 2.05) is 4.90 Å². The summed E-state index contributed by atoms with van der Waals surface area (Å²) in [5, 5.41) is 3.29. The number of nitrogens with two attached hydrogens (primary N) is 1. The maximum Gasteiger partial charge on any atom is 0.253 e. The lowest BCUT2D eigenvalue weighted by atomic mass is 10.2. The molecule has 154 valence electrons. The van der Waals surface area contributed by atoms with Crippen molar-refractivity contribution < 1.29 is 14.3 Å². The van der Waals surface area contributed by atoms with Crippen molar-refractivity contribution in [2.75, 3.05) is 31.2 Å². The lowest BCUT2D eigenvalue weighted by molar-refractivity contribution is -0.111. The van der Waals surface area contributed by atoms with Crippen molar-refractivity contribution in [1.29, 1.82) is 0 Å². The number of nitrogen functional groups attached to an aromatic ring is 1. The van der Waals surface area contributed by atoms with Gasteiger partial charge in [0.2, 0.25) is 17.7 Å². The highest BCUT2D eigenvalue weighted by molar-refractivity contribution is 6.34. The molecule has 2 heterocycles. The van der Waals surface area contributed by atoms with E-state index in [0.29, 0.717) is 27.2 Å². The highest BCUT2D eigenvalue weighted by atomic mass is 35.5. The summed E-state index contributed by atoms with van der Waals surface area (Å²) in [5.41, 5.74) is 6.26. The van der Waals surface area contributed by atoms with E-state index < -0.39 is 0 Å². The van der Waals surface area contributed by atoms with Gasteiger partial charge in [0, 0.05) is 18.7 Å². The molecule has 1 aliphatic rings. The summed E-state index contributed by atoms with van der Waals surface area (Å²) < 4.78 is 4.76. The first kappa shape index (κ1) is 22.4. The van der Waals surface area contributed by atoms with E-state index in [-0.39, 0.29) is 17.8 Å². The Hall–Kier alpha value is -2.84. The van der Waals surface area contributed by atoms with E-state index in [1.165, 1.54) is 19.4 Å². The number of nitrogens with zero attached hydrogens (tertiary/aromatic N) is 3. The van der Waals surface area contributed by atoms with Gasteiger partial charge in [-0.25, -0.2) is 4.98 Å². The van der Waals surface area contributed by atoms with Crippen LogP contribution < -0.4 is 15.8 Å². The third-order valence-corrected chi connectivity index (χ3v) is 4.55. The van der Waals surface area contributed by atoms with Crippen LogP contribution in [-0.4, -0.2) is 46.9 Å². The molecule has 8 nitrogen and oxygen atoms in total. The van der Waals surface area contributed by atoms with Crippen molar-refractivity contribution in [1.82, 2.24) is 14.9 Å². The Morgan fingerprint density at radius 3 is 2.52 bits per heavy atom. The number of ether oxygens (including phenoxy) is 1. The molecular weight excluding hydrogens is 417 g/mol. The van der Waals surface area contributed by atoms with Gasteiger partial charge in [-0.1, -0.05) is 29.8 Å². The largest absolute Gasteiger partial charge is 0.480 e. The zero-order valence-corrected chi connectivity index (χ0v) is 17.3. The normalized spacial score (nSPS) is 12.6. The summed E-state index contributed by atoms with van der Waals surface area (Å²) in [6.07, 6.45) is 4.66. The summed E-state index contributed by atoms with van der Waals surface area (Å²) >= 11 is 11.7. The summed E-state index contributed by atoms with van der Waals surface area (Å²) in [5.74, 6) is 0.108. The average molecular weight is 438 g/mol. The Balaban J connectivity index is 0.000000253. The first-order valence-electron chi connectivity index (χ1n) is 8.70. The number of halogens is 2. The molecule has 1 aromatic heterocycles. The fourth-order valence-corrected chi connectivity index (χ4v) is 2.94. The fourth-order valence-electron chi connectivity index (χ4n) is 2.54. The number of nitrogens with one attached hydrogen (secondary N) is 1. The number of aromatic nitrogens is 2. The smallest absolute Gasteiger partial charge is 0.253 e. The number of likely N-dealkylation sites (tertiary alicyclic amines) is 1. The third-order valence-electron chi connectivity index (χ3n) is 3.98. The highest BCUT2D eigenvalue weighted by Gasteiger charge is 2.20. The summed E-state index contributed by atoms with van der Waals surface area (Å²) in [6, 6.07) is 4.89. The minimum absolute atomic E-state index is 0.0130. The summed E-state index contributed by atoms with van der Waals surface area (Å²) in [6.45, 7) is 4.96. The number of rotatable bonds is 4. The van der Waals surface area contributed by atoms with Gasteiger partial charge < -0.3 is 20.7 Å². The Morgan fingerprint density at radius 2 is 1.97 bits per heavy atom. The monoisotopic (exact) mass is 437 g/mol. The van der Waals surface area contributed by atoms with E-state index in [9.17, 15) is 9.59 Å². The molecule has 0 spiro atoms. The van der Waals surface area contributed by atoms with Crippen LogP contribution >= 0.6 is 23.2 Å².